The van der Waals surface area contributed by atoms with Crippen LogP contribution in [-0.2, 0) is 21.8 Å². The summed E-state index contributed by atoms with van der Waals surface area (Å²) in [7, 11) is -2.14. The third kappa shape index (κ3) is 6.57. The molecule has 0 radical (unpaired) electrons. The molecule has 1 aliphatic carbocycles. The van der Waals surface area contributed by atoms with Crippen molar-refractivity contribution in [3.05, 3.63) is 61.5 Å². The fourth-order valence-electron chi connectivity index (χ4n) is 5.44. The normalized spacial score (nSPS) is 21.5. The average molecular weight is 676 g/mol. The second-order valence-corrected chi connectivity index (χ2v) is 19.2. The van der Waals surface area contributed by atoms with Gasteiger partial charge in [0.1, 0.15) is 6.10 Å². The van der Waals surface area contributed by atoms with Gasteiger partial charge in [-0.3, -0.25) is 4.98 Å². The van der Waals surface area contributed by atoms with Gasteiger partial charge in [0.15, 0.2) is 8.32 Å². The van der Waals surface area contributed by atoms with E-state index in [1.54, 1.807) is 0 Å². The van der Waals surface area contributed by atoms with E-state index >= 15 is 0 Å². The molecule has 1 saturated heterocycles. The molecule has 9 heteroatoms. The lowest BCUT2D eigenvalue weighted by Gasteiger charge is -2.45. The molecule has 2 atom stereocenters. The van der Waals surface area contributed by atoms with Gasteiger partial charge in [0, 0.05) is 39.5 Å². The summed E-state index contributed by atoms with van der Waals surface area (Å²) in [6, 6.07) is 4.83. The quantitative estimate of drug-likeness (QED) is 0.255. The van der Waals surface area contributed by atoms with Crippen LogP contribution in [0.3, 0.4) is 0 Å². The van der Waals surface area contributed by atoms with Gasteiger partial charge in [-0.05, 0) is 89.5 Å². The van der Waals surface area contributed by atoms with E-state index in [2.05, 4.69) is 70.3 Å². The van der Waals surface area contributed by atoms with Gasteiger partial charge >= 0.3 is 6.18 Å². The number of aromatic nitrogens is 1. The van der Waals surface area contributed by atoms with Gasteiger partial charge in [-0.25, -0.2) is 0 Å². The number of aliphatic hydroxyl groups is 1. The number of ether oxygens (including phenoxy) is 1. The first-order valence-electron chi connectivity index (χ1n) is 13.7. The van der Waals surface area contributed by atoms with Crippen molar-refractivity contribution >= 4 is 30.9 Å². The van der Waals surface area contributed by atoms with E-state index in [4.69, 9.17) is 14.1 Å². The van der Waals surface area contributed by atoms with Gasteiger partial charge in [-0.2, -0.15) is 13.2 Å². The largest absolute Gasteiger partial charge is 0.416 e. The number of pyridine rings is 1. The Morgan fingerprint density at radius 1 is 1.10 bits per heavy atom. The highest BCUT2D eigenvalue weighted by atomic mass is 127. The topological polar surface area (TPSA) is 51.6 Å². The molecule has 2 aliphatic rings. The van der Waals surface area contributed by atoms with E-state index in [1.165, 1.54) is 12.1 Å². The molecule has 1 fully saturated rings. The minimum absolute atomic E-state index is 0.00336. The molecule has 216 valence electrons. The van der Waals surface area contributed by atoms with Crippen molar-refractivity contribution in [2.75, 3.05) is 13.2 Å². The summed E-state index contributed by atoms with van der Waals surface area (Å²) in [5.74, 6) is 0.112. The lowest BCUT2D eigenvalue weighted by Crippen LogP contribution is -2.44. The SMILES string of the molecule is CC1(C)Cc2nc(C3CCOCC3)c(C(O)c3ccc(C(F)(F)F)cc3)c(I)c2[C@@H](O[Si](C)(C)C(C)(C)C)C1. The number of hydrogen-bond acceptors (Lipinski definition) is 4. The fraction of sp³-hybridized carbons (Fsp3) is 0.633. The van der Waals surface area contributed by atoms with Crippen LogP contribution >= 0.6 is 22.6 Å². The molecule has 1 unspecified atom stereocenters. The molecular formula is C30H41F3INO3Si. The molecule has 1 aliphatic heterocycles. The Balaban J connectivity index is 1.88. The second kappa shape index (κ2) is 11.0. The molecule has 0 saturated carbocycles. The maximum absolute atomic E-state index is 13.2. The summed E-state index contributed by atoms with van der Waals surface area (Å²) in [6.07, 6.45) is -2.45. The van der Waals surface area contributed by atoms with Gasteiger partial charge in [0.05, 0.1) is 17.4 Å². The lowest BCUT2D eigenvalue weighted by atomic mass is 9.74. The standard InChI is InChI=1S/C30H41F3INO3Si/c1-28(2,3)39(6,7)38-22-17-29(4,5)16-21-23(22)25(34)24(26(35-21)18-12-14-37-15-13-18)27(36)19-8-10-20(11-9-19)30(31,32)33/h8-11,18,22,27,36H,12-17H2,1-7H3/t22-,27?/m0/s1. The van der Waals surface area contributed by atoms with Crippen LogP contribution in [0.2, 0.25) is 18.1 Å². The smallest absolute Gasteiger partial charge is 0.410 e. The van der Waals surface area contributed by atoms with Crippen LogP contribution in [0.4, 0.5) is 13.2 Å². The van der Waals surface area contributed by atoms with Crippen LogP contribution in [0.5, 0.6) is 0 Å². The van der Waals surface area contributed by atoms with Crippen LogP contribution in [0, 0.1) is 8.99 Å². The van der Waals surface area contributed by atoms with E-state index in [1.807, 2.05) is 0 Å². The number of rotatable bonds is 5. The first-order valence-corrected chi connectivity index (χ1v) is 17.7. The number of nitrogens with zero attached hydrogens (tertiary/aromatic N) is 1. The highest BCUT2D eigenvalue weighted by Gasteiger charge is 2.45. The van der Waals surface area contributed by atoms with Crippen molar-refractivity contribution in [1.29, 1.82) is 0 Å². The molecule has 0 amide bonds. The van der Waals surface area contributed by atoms with Gasteiger partial charge in [0.2, 0.25) is 0 Å². The van der Waals surface area contributed by atoms with Crippen LogP contribution in [0.15, 0.2) is 24.3 Å². The summed E-state index contributed by atoms with van der Waals surface area (Å²) in [4.78, 5) is 5.27. The van der Waals surface area contributed by atoms with Gasteiger partial charge in [-0.15, -0.1) is 0 Å². The predicted molar refractivity (Wildman–Crippen MR) is 158 cm³/mol. The Bertz CT molecular complexity index is 1190. The molecular weight excluding hydrogens is 634 g/mol. The van der Waals surface area contributed by atoms with Crippen LogP contribution in [0.1, 0.15) is 106 Å². The molecule has 1 N–H and O–H groups in total. The van der Waals surface area contributed by atoms with Gasteiger partial charge < -0.3 is 14.3 Å². The van der Waals surface area contributed by atoms with Gasteiger partial charge in [0.25, 0.3) is 0 Å². The first-order chi connectivity index (χ1) is 17.9. The van der Waals surface area contributed by atoms with Crippen molar-refractivity contribution in [1.82, 2.24) is 4.98 Å². The predicted octanol–water partition coefficient (Wildman–Crippen LogP) is 8.72. The first kappa shape index (κ1) is 30.9. The molecule has 1 aromatic carbocycles. The molecule has 0 bridgehead atoms. The number of aliphatic hydroxyl groups excluding tert-OH is 1. The number of fused-ring (bicyclic) bond motifs is 1. The maximum atomic E-state index is 13.2. The van der Waals surface area contributed by atoms with Crippen molar-refractivity contribution in [3.8, 4) is 0 Å². The number of halogens is 4. The molecule has 1 aromatic heterocycles. The van der Waals surface area contributed by atoms with E-state index in [0.717, 1.165) is 58.3 Å². The Kier molecular flexibility index (Phi) is 8.73. The fourth-order valence-corrected chi connectivity index (χ4v) is 7.93. The van der Waals surface area contributed by atoms with E-state index in [9.17, 15) is 18.3 Å². The van der Waals surface area contributed by atoms with Crippen molar-refractivity contribution in [2.45, 2.75) is 103 Å². The highest BCUT2D eigenvalue weighted by molar-refractivity contribution is 14.1. The molecule has 4 rings (SSSR count). The monoisotopic (exact) mass is 675 g/mol. The summed E-state index contributed by atoms with van der Waals surface area (Å²) in [6.45, 7) is 16.9. The minimum atomic E-state index is -4.43. The van der Waals surface area contributed by atoms with E-state index < -0.39 is 26.2 Å². The van der Waals surface area contributed by atoms with Crippen LogP contribution < -0.4 is 0 Å². The van der Waals surface area contributed by atoms with Crippen LogP contribution in [0.25, 0.3) is 0 Å². The lowest BCUT2D eigenvalue weighted by molar-refractivity contribution is -0.137. The summed E-state index contributed by atoms with van der Waals surface area (Å²) in [5, 5.41) is 11.8. The van der Waals surface area contributed by atoms with Crippen molar-refractivity contribution < 1.29 is 27.4 Å². The second-order valence-electron chi connectivity index (χ2n) is 13.4. The Labute approximate surface area is 245 Å². The van der Waals surface area contributed by atoms with Gasteiger partial charge in [-0.1, -0.05) is 46.8 Å². The molecule has 2 aromatic rings. The number of hydrogen-bond donors (Lipinski definition) is 1. The summed E-state index contributed by atoms with van der Waals surface area (Å²) >= 11 is 2.33. The Morgan fingerprint density at radius 2 is 1.69 bits per heavy atom. The molecule has 2 heterocycles. The molecule has 4 nitrogen and oxygen atoms in total. The summed E-state index contributed by atoms with van der Waals surface area (Å²) in [5.41, 5.74) is 3.29. The highest BCUT2D eigenvalue weighted by Crippen LogP contribution is 2.50. The third-order valence-corrected chi connectivity index (χ3v) is 14.3. The molecule has 0 spiro atoms. The number of alkyl halides is 3. The maximum Gasteiger partial charge on any atom is 0.416 e. The Morgan fingerprint density at radius 3 is 2.23 bits per heavy atom. The summed E-state index contributed by atoms with van der Waals surface area (Å²) < 4.78 is 53.3. The van der Waals surface area contributed by atoms with Crippen molar-refractivity contribution in [3.63, 3.8) is 0 Å². The Hall–Kier alpha value is -1.01. The zero-order valence-corrected chi connectivity index (χ0v) is 27.2. The third-order valence-electron chi connectivity index (χ3n) is 8.70. The van der Waals surface area contributed by atoms with E-state index in [0.29, 0.717) is 24.3 Å². The number of benzene rings is 1. The molecule has 39 heavy (non-hydrogen) atoms. The minimum Gasteiger partial charge on any atom is -0.410 e. The van der Waals surface area contributed by atoms with Crippen molar-refractivity contribution in [2.24, 2.45) is 5.41 Å². The zero-order chi connectivity index (χ0) is 29.0. The van der Waals surface area contributed by atoms with E-state index in [-0.39, 0.29) is 22.5 Å². The average Bonchev–Trinajstić information content (AvgIpc) is 2.81. The zero-order valence-electron chi connectivity index (χ0n) is 24.0. The van der Waals surface area contributed by atoms with Crippen LogP contribution in [-0.4, -0.2) is 31.6 Å².